The van der Waals surface area contributed by atoms with Crippen molar-refractivity contribution in [1.82, 2.24) is 15.0 Å². The second kappa shape index (κ2) is 8.28. The van der Waals surface area contributed by atoms with Crippen LogP contribution in [0.25, 0.3) is 11.4 Å². The third-order valence-corrected chi connectivity index (χ3v) is 5.12. The number of benzene rings is 2. The van der Waals surface area contributed by atoms with Gasteiger partial charge in [0, 0.05) is 29.0 Å². The molecule has 0 aliphatic carbocycles. The molecule has 0 bridgehead atoms. The summed E-state index contributed by atoms with van der Waals surface area (Å²) in [4.78, 5) is 27.9. The number of carbonyl (C=O) groups excluding carboxylic acids is 1. The molecule has 0 unspecified atom stereocenters. The van der Waals surface area contributed by atoms with Crippen molar-refractivity contribution in [2.45, 2.75) is 13.5 Å². The highest BCUT2D eigenvalue weighted by atomic mass is 32.1. The molecule has 29 heavy (non-hydrogen) atoms. The van der Waals surface area contributed by atoms with Crippen LogP contribution in [0.5, 0.6) is 0 Å². The molecule has 2 aromatic carbocycles. The zero-order chi connectivity index (χ0) is 20.2. The van der Waals surface area contributed by atoms with Crippen LogP contribution in [0, 0.1) is 12.7 Å². The van der Waals surface area contributed by atoms with Gasteiger partial charge in [-0.1, -0.05) is 30.3 Å². The second-order valence-electron chi connectivity index (χ2n) is 6.39. The van der Waals surface area contributed by atoms with Crippen LogP contribution in [-0.2, 0) is 6.54 Å². The minimum absolute atomic E-state index is 0.273. The Bertz CT molecular complexity index is 1110. The van der Waals surface area contributed by atoms with Gasteiger partial charge >= 0.3 is 0 Å². The van der Waals surface area contributed by atoms with Crippen LogP contribution < -0.4 is 4.90 Å². The van der Waals surface area contributed by atoms with Gasteiger partial charge in [0.2, 0.25) is 0 Å². The third-order valence-electron chi connectivity index (χ3n) is 4.30. The van der Waals surface area contributed by atoms with Crippen LogP contribution in [0.4, 0.5) is 10.1 Å². The molecule has 0 spiro atoms. The maximum absolute atomic E-state index is 13.4. The molecule has 5 nitrogen and oxygen atoms in total. The molecule has 144 valence electrons. The molecule has 0 radical (unpaired) electrons. The summed E-state index contributed by atoms with van der Waals surface area (Å²) in [5.74, 6) is -0.0892. The number of hydrogen-bond donors (Lipinski definition) is 0. The Morgan fingerprint density at radius 2 is 1.72 bits per heavy atom. The fraction of sp³-hybridized carbons (Fsp3) is 0.0909. The van der Waals surface area contributed by atoms with E-state index in [-0.39, 0.29) is 18.3 Å². The van der Waals surface area contributed by atoms with E-state index in [1.54, 1.807) is 17.0 Å². The number of halogens is 1. The van der Waals surface area contributed by atoms with Crippen molar-refractivity contribution in [2.24, 2.45) is 0 Å². The molecule has 7 heteroatoms. The van der Waals surface area contributed by atoms with Crippen LogP contribution in [0.1, 0.15) is 21.1 Å². The van der Waals surface area contributed by atoms with E-state index < -0.39 is 0 Å². The molecule has 2 heterocycles. The number of rotatable bonds is 5. The van der Waals surface area contributed by atoms with Gasteiger partial charge in [-0.2, -0.15) is 0 Å². The van der Waals surface area contributed by atoms with E-state index in [0.29, 0.717) is 17.1 Å². The summed E-state index contributed by atoms with van der Waals surface area (Å²) < 4.78 is 13.4. The zero-order valence-corrected chi connectivity index (χ0v) is 16.4. The van der Waals surface area contributed by atoms with Crippen LogP contribution in [0.2, 0.25) is 0 Å². The van der Waals surface area contributed by atoms with E-state index in [0.717, 1.165) is 16.3 Å². The minimum Gasteiger partial charge on any atom is -0.302 e. The lowest BCUT2D eigenvalue weighted by Gasteiger charge is -2.22. The summed E-state index contributed by atoms with van der Waals surface area (Å²) in [6.45, 7) is 2.18. The maximum Gasteiger partial charge on any atom is 0.261 e. The SMILES string of the molecule is Cc1nc(CN(C(=O)c2cnc(-c3ccccc3)nc2)c2ccc(F)cc2)cs1. The predicted octanol–water partition coefficient (Wildman–Crippen LogP) is 4.89. The number of thiazole rings is 1. The molecule has 2 aromatic heterocycles. The van der Waals surface area contributed by atoms with Gasteiger partial charge < -0.3 is 4.90 Å². The largest absolute Gasteiger partial charge is 0.302 e. The lowest BCUT2D eigenvalue weighted by molar-refractivity contribution is 0.0984. The molecule has 0 aliphatic rings. The molecule has 0 fully saturated rings. The maximum atomic E-state index is 13.4. The van der Waals surface area contributed by atoms with E-state index in [2.05, 4.69) is 15.0 Å². The smallest absolute Gasteiger partial charge is 0.261 e. The molecule has 0 N–H and O–H groups in total. The summed E-state index contributed by atoms with van der Waals surface area (Å²) >= 11 is 1.52. The fourth-order valence-electron chi connectivity index (χ4n) is 2.87. The first-order valence-electron chi connectivity index (χ1n) is 8.96. The van der Waals surface area contributed by atoms with E-state index in [9.17, 15) is 9.18 Å². The summed E-state index contributed by atoms with van der Waals surface area (Å²) in [7, 11) is 0. The zero-order valence-electron chi connectivity index (χ0n) is 15.6. The molecule has 4 aromatic rings. The lowest BCUT2D eigenvalue weighted by Crippen LogP contribution is -2.30. The van der Waals surface area contributed by atoms with Crippen molar-refractivity contribution < 1.29 is 9.18 Å². The predicted molar refractivity (Wildman–Crippen MR) is 111 cm³/mol. The number of anilines is 1. The summed E-state index contributed by atoms with van der Waals surface area (Å²) in [5, 5.41) is 2.83. The summed E-state index contributed by atoms with van der Waals surface area (Å²) in [5.41, 5.74) is 2.57. The minimum atomic E-state index is -0.360. The Hall–Kier alpha value is -3.45. The lowest BCUT2D eigenvalue weighted by atomic mass is 10.2. The quantitative estimate of drug-likeness (QED) is 0.475. The number of nitrogens with zero attached hydrogens (tertiary/aromatic N) is 4. The van der Waals surface area contributed by atoms with Gasteiger partial charge in [-0.05, 0) is 31.2 Å². The van der Waals surface area contributed by atoms with Crippen molar-refractivity contribution >= 4 is 22.9 Å². The number of aryl methyl sites for hydroxylation is 1. The third kappa shape index (κ3) is 4.35. The summed E-state index contributed by atoms with van der Waals surface area (Å²) in [6.07, 6.45) is 3.03. The first-order valence-corrected chi connectivity index (χ1v) is 9.84. The molecule has 4 rings (SSSR count). The van der Waals surface area contributed by atoms with Gasteiger partial charge in [0.05, 0.1) is 22.8 Å². The Morgan fingerprint density at radius 1 is 1.03 bits per heavy atom. The molecule has 0 saturated carbocycles. The monoisotopic (exact) mass is 404 g/mol. The average Bonchev–Trinajstić information content (AvgIpc) is 3.18. The molecule has 1 amide bonds. The highest BCUT2D eigenvalue weighted by molar-refractivity contribution is 7.09. The van der Waals surface area contributed by atoms with Crippen molar-refractivity contribution in [3.8, 4) is 11.4 Å². The van der Waals surface area contributed by atoms with E-state index >= 15 is 0 Å². The van der Waals surface area contributed by atoms with Crippen molar-refractivity contribution in [2.75, 3.05) is 4.90 Å². The van der Waals surface area contributed by atoms with Gasteiger partial charge in [0.15, 0.2) is 5.82 Å². The molecular weight excluding hydrogens is 387 g/mol. The van der Waals surface area contributed by atoms with Gasteiger partial charge in [-0.25, -0.2) is 19.3 Å². The molecular formula is C22H17FN4OS. The molecule has 0 atom stereocenters. The van der Waals surface area contributed by atoms with Crippen molar-refractivity contribution in [3.63, 3.8) is 0 Å². The Labute approximate surface area is 171 Å². The van der Waals surface area contributed by atoms with Gasteiger partial charge in [0.25, 0.3) is 5.91 Å². The first-order chi connectivity index (χ1) is 14.1. The van der Waals surface area contributed by atoms with Crippen LogP contribution in [-0.4, -0.2) is 20.9 Å². The number of hydrogen-bond acceptors (Lipinski definition) is 5. The normalized spacial score (nSPS) is 10.7. The van der Waals surface area contributed by atoms with E-state index in [1.165, 1.54) is 35.9 Å². The van der Waals surface area contributed by atoms with Crippen molar-refractivity contribution in [3.05, 3.63) is 94.5 Å². The number of carbonyl (C=O) groups is 1. The Morgan fingerprint density at radius 3 is 2.34 bits per heavy atom. The fourth-order valence-corrected chi connectivity index (χ4v) is 3.48. The summed E-state index contributed by atoms with van der Waals surface area (Å²) in [6, 6.07) is 15.4. The van der Waals surface area contributed by atoms with Gasteiger partial charge in [-0.3, -0.25) is 4.79 Å². The topological polar surface area (TPSA) is 59.0 Å². The van der Waals surface area contributed by atoms with Gasteiger partial charge in [-0.15, -0.1) is 11.3 Å². The van der Waals surface area contributed by atoms with E-state index in [4.69, 9.17) is 0 Å². The average molecular weight is 404 g/mol. The Kier molecular flexibility index (Phi) is 5.39. The highest BCUT2D eigenvalue weighted by Gasteiger charge is 2.20. The first kappa shape index (κ1) is 18.9. The standard InChI is InChI=1S/C22H17FN4OS/c1-15-26-19(14-29-15)13-27(20-9-7-18(23)8-10-20)22(28)17-11-24-21(25-12-17)16-5-3-2-4-6-16/h2-12,14H,13H2,1H3. The van der Waals surface area contributed by atoms with Crippen LogP contribution in [0.15, 0.2) is 72.4 Å². The highest BCUT2D eigenvalue weighted by Crippen LogP contribution is 2.22. The molecule has 0 saturated heterocycles. The van der Waals surface area contributed by atoms with Gasteiger partial charge in [0.1, 0.15) is 5.82 Å². The van der Waals surface area contributed by atoms with Crippen molar-refractivity contribution in [1.29, 1.82) is 0 Å². The van der Waals surface area contributed by atoms with Crippen LogP contribution >= 0.6 is 11.3 Å². The number of amides is 1. The number of aromatic nitrogens is 3. The van der Waals surface area contributed by atoms with E-state index in [1.807, 2.05) is 42.6 Å². The Balaban J connectivity index is 1.64. The second-order valence-corrected chi connectivity index (χ2v) is 7.45. The molecule has 0 aliphatic heterocycles. The van der Waals surface area contributed by atoms with Crippen LogP contribution in [0.3, 0.4) is 0 Å².